The first-order valence-electron chi connectivity index (χ1n) is 7.84. The Bertz CT molecular complexity index is 623. The first-order valence-corrected chi connectivity index (χ1v) is 7.84. The van der Waals surface area contributed by atoms with Gasteiger partial charge in [0, 0.05) is 23.8 Å². The van der Waals surface area contributed by atoms with E-state index < -0.39 is 23.6 Å². The lowest BCUT2D eigenvalue weighted by molar-refractivity contribution is -0.129. The van der Waals surface area contributed by atoms with E-state index in [2.05, 4.69) is 16.0 Å². The van der Waals surface area contributed by atoms with Crippen molar-refractivity contribution in [1.29, 1.82) is 0 Å². The van der Waals surface area contributed by atoms with Gasteiger partial charge in [0.15, 0.2) is 11.6 Å². The minimum atomic E-state index is -1.03. The van der Waals surface area contributed by atoms with E-state index in [9.17, 15) is 18.4 Å². The Hall–Kier alpha value is -2.02. The molecule has 1 aromatic carbocycles. The Morgan fingerprint density at radius 1 is 1.17 bits per heavy atom. The van der Waals surface area contributed by atoms with Gasteiger partial charge in [0.1, 0.15) is 0 Å². The predicted molar refractivity (Wildman–Crippen MR) is 80.7 cm³/mol. The number of carbonyl (C=O) groups is 2. The molecule has 3 rings (SSSR count). The molecule has 1 aromatic rings. The Labute approximate surface area is 132 Å². The van der Waals surface area contributed by atoms with Gasteiger partial charge in [-0.15, -0.1) is 0 Å². The Morgan fingerprint density at radius 3 is 2.65 bits per heavy atom. The fourth-order valence-corrected chi connectivity index (χ4v) is 3.24. The van der Waals surface area contributed by atoms with Gasteiger partial charge in [0.2, 0.25) is 11.8 Å². The first kappa shape index (κ1) is 15.9. The summed E-state index contributed by atoms with van der Waals surface area (Å²) in [7, 11) is 0. The van der Waals surface area contributed by atoms with Crippen LogP contribution in [0.15, 0.2) is 18.2 Å². The number of fused-ring (bicyclic) bond motifs is 1. The number of hydrogen-bond donors (Lipinski definition) is 3. The maximum absolute atomic E-state index is 13.1. The number of benzene rings is 1. The van der Waals surface area contributed by atoms with Gasteiger partial charge in [0.05, 0.1) is 12.5 Å². The smallest absolute Gasteiger partial charge is 0.237 e. The zero-order valence-corrected chi connectivity index (χ0v) is 12.6. The average Bonchev–Trinajstić information content (AvgIpc) is 2.51. The minimum Gasteiger partial charge on any atom is -0.350 e. The molecule has 2 fully saturated rings. The van der Waals surface area contributed by atoms with E-state index in [-0.39, 0.29) is 30.1 Å². The van der Waals surface area contributed by atoms with Crippen LogP contribution in [0.2, 0.25) is 0 Å². The van der Waals surface area contributed by atoms with Crippen molar-refractivity contribution in [2.75, 3.05) is 5.32 Å². The normalized spacial score (nSPS) is 27.0. The lowest BCUT2D eigenvalue weighted by Crippen LogP contribution is -2.65. The Balaban J connectivity index is 1.58. The molecule has 1 saturated heterocycles. The molecule has 1 aliphatic carbocycles. The van der Waals surface area contributed by atoms with Crippen molar-refractivity contribution in [3.05, 3.63) is 29.8 Å². The first-order chi connectivity index (χ1) is 11.0. The molecule has 3 N–H and O–H groups in total. The molecule has 7 heteroatoms. The maximum atomic E-state index is 13.1. The third-order valence-electron chi connectivity index (χ3n) is 4.42. The number of piperazine rings is 1. The van der Waals surface area contributed by atoms with E-state index in [1.54, 1.807) is 0 Å². The van der Waals surface area contributed by atoms with Crippen molar-refractivity contribution in [3.63, 3.8) is 0 Å². The highest BCUT2D eigenvalue weighted by Crippen LogP contribution is 2.22. The van der Waals surface area contributed by atoms with E-state index >= 15 is 0 Å². The highest BCUT2D eigenvalue weighted by Gasteiger charge is 2.36. The van der Waals surface area contributed by atoms with Gasteiger partial charge in [-0.05, 0) is 25.0 Å². The number of nitrogens with one attached hydrogen (secondary N) is 3. The second-order valence-electron chi connectivity index (χ2n) is 6.11. The molecule has 0 spiro atoms. The summed E-state index contributed by atoms with van der Waals surface area (Å²) < 4.78 is 26.0. The predicted octanol–water partition coefficient (Wildman–Crippen LogP) is 1.69. The average molecular weight is 323 g/mol. The summed E-state index contributed by atoms with van der Waals surface area (Å²) in [5.74, 6) is -2.60. The third kappa shape index (κ3) is 3.67. The molecule has 124 valence electrons. The third-order valence-corrected chi connectivity index (χ3v) is 4.42. The molecular weight excluding hydrogens is 304 g/mol. The van der Waals surface area contributed by atoms with Crippen molar-refractivity contribution in [2.45, 2.75) is 50.2 Å². The van der Waals surface area contributed by atoms with Crippen LogP contribution < -0.4 is 16.0 Å². The molecule has 0 aromatic heterocycles. The molecular formula is C16H19F2N3O2. The maximum Gasteiger partial charge on any atom is 0.237 e. The highest BCUT2D eigenvalue weighted by molar-refractivity contribution is 5.95. The highest BCUT2D eigenvalue weighted by atomic mass is 19.2. The second kappa shape index (κ2) is 6.62. The monoisotopic (exact) mass is 323 g/mol. The minimum absolute atomic E-state index is 0.0476. The SMILES string of the molecule is O=C(C[C@H]1N[C@@H]2CCCC[C@@H]2NC1=O)Nc1ccc(F)c(F)c1. The van der Waals surface area contributed by atoms with Crippen LogP contribution in [-0.4, -0.2) is 29.9 Å². The molecule has 23 heavy (non-hydrogen) atoms. The van der Waals surface area contributed by atoms with Crippen LogP contribution in [0.4, 0.5) is 14.5 Å². The van der Waals surface area contributed by atoms with Crippen molar-refractivity contribution < 1.29 is 18.4 Å². The standard InChI is InChI=1S/C16H19F2N3O2/c17-10-6-5-9(7-11(10)18)19-15(22)8-14-16(23)21-13-4-2-1-3-12(13)20-14/h5-7,12-14,20H,1-4,8H2,(H,19,22)(H,21,23)/t12-,13+,14-/m1/s1. The van der Waals surface area contributed by atoms with Gasteiger partial charge in [-0.3, -0.25) is 9.59 Å². The summed E-state index contributed by atoms with van der Waals surface area (Å²) in [5, 5.41) is 8.68. The summed E-state index contributed by atoms with van der Waals surface area (Å²) in [6.45, 7) is 0. The number of anilines is 1. The van der Waals surface area contributed by atoms with Crippen LogP contribution in [0, 0.1) is 11.6 Å². The van der Waals surface area contributed by atoms with Gasteiger partial charge < -0.3 is 16.0 Å². The quantitative estimate of drug-likeness (QED) is 0.793. The molecule has 2 amide bonds. The van der Waals surface area contributed by atoms with Crippen molar-refractivity contribution in [2.24, 2.45) is 0 Å². The van der Waals surface area contributed by atoms with Gasteiger partial charge >= 0.3 is 0 Å². The van der Waals surface area contributed by atoms with E-state index in [1.807, 2.05) is 0 Å². The van der Waals surface area contributed by atoms with Crippen molar-refractivity contribution in [3.8, 4) is 0 Å². The lowest BCUT2D eigenvalue weighted by Gasteiger charge is -2.40. The number of carbonyl (C=O) groups excluding carboxylic acids is 2. The molecule has 0 radical (unpaired) electrons. The molecule has 1 heterocycles. The van der Waals surface area contributed by atoms with E-state index in [4.69, 9.17) is 0 Å². The Morgan fingerprint density at radius 2 is 1.91 bits per heavy atom. The van der Waals surface area contributed by atoms with Crippen LogP contribution in [0.25, 0.3) is 0 Å². The van der Waals surface area contributed by atoms with Gasteiger partial charge in [-0.1, -0.05) is 12.8 Å². The zero-order valence-electron chi connectivity index (χ0n) is 12.6. The van der Waals surface area contributed by atoms with Crippen molar-refractivity contribution in [1.82, 2.24) is 10.6 Å². The number of hydrogen-bond acceptors (Lipinski definition) is 3. The lowest BCUT2D eigenvalue weighted by atomic mass is 9.87. The van der Waals surface area contributed by atoms with Crippen molar-refractivity contribution >= 4 is 17.5 Å². The molecule has 3 atom stereocenters. The fourth-order valence-electron chi connectivity index (χ4n) is 3.24. The summed E-state index contributed by atoms with van der Waals surface area (Å²) in [4.78, 5) is 24.1. The molecule has 0 bridgehead atoms. The summed E-state index contributed by atoms with van der Waals surface area (Å²) in [5.41, 5.74) is 0.167. The summed E-state index contributed by atoms with van der Waals surface area (Å²) in [6.07, 6.45) is 4.10. The van der Waals surface area contributed by atoms with Gasteiger partial charge in [-0.2, -0.15) is 0 Å². The molecule has 1 aliphatic heterocycles. The summed E-state index contributed by atoms with van der Waals surface area (Å²) >= 11 is 0. The van der Waals surface area contributed by atoms with Crippen LogP contribution in [0.5, 0.6) is 0 Å². The molecule has 0 unspecified atom stereocenters. The fraction of sp³-hybridized carbons (Fsp3) is 0.500. The van der Waals surface area contributed by atoms with Gasteiger partial charge in [0.25, 0.3) is 0 Å². The van der Waals surface area contributed by atoms with Gasteiger partial charge in [-0.25, -0.2) is 8.78 Å². The van der Waals surface area contributed by atoms with E-state index in [0.717, 1.165) is 37.8 Å². The van der Waals surface area contributed by atoms with E-state index in [0.29, 0.717) is 0 Å². The van der Waals surface area contributed by atoms with Crippen LogP contribution >= 0.6 is 0 Å². The number of rotatable bonds is 3. The molecule has 2 aliphatic rings. The molecule has 1 saturated carbocycles. The topological polar surface area (TPSA) is 70.2 Å². The largest absolute Gasteiger partial charge is 0.350 e. The van der Waals surface area contributed by atoms with Crippen LogP contribution in [-0.2, 0) is 9.59 Å². The van der Waals surface area contributed by atoms with E-state index in [1.165, 1.54) is 6.07 Å². The number of amides is 2. The molecule has 5 nitrogen and oxygen atoms in total. The summed E-state index contributed by atoms with van der Waals surface area (Å²) in [6, 6.07) is 2.88. The Kier molecular flexibility index (Phi) is 4.56. The number of halogens is 2. The van der Waals surface area contributed by atoms with Crippen LogP contribution in [0.1, 0.15) is 32.1 Å². The van der Waals surface area contributed by atoms with Crippen LogP contribution in [0.3, 0.4) is 0 Å². The second-order valence-corrected chi connectivity index (χ2v) is 6.11. The zero-order chi connectivity index (χ0) is 16.4.